The van der Waals surface area contributed by atoms with Crippen molar-refractivity contribution in [3.8, 4) is 0 Å². The average molecular weight is 437 g/mol. The first-order valence-electron chi connectivity index (χ1n) is 8.46. The van der Waals surface area contributed by atoms with Gasteiger partial charge in [-0.25, -0.2) is 9.59 Å². The van der Waals surface area contributed by atoms with Gasteiger partial charge in [0.2, 0.25) is 0 Å². The van der Waals surface area contributed by atoms with E-state index < -0.39 is 53.8 Å². The molecule has 2 atom stereocenters. The van der Waals surface area contributed by atoms with E-state index in [1.54, 1.807) is 34.6 Å². The van der Waals surface area contributed by atoms with Crippen LogP contribution in [-0.2, 0) is 14.3 Å². The summed E-state index contributed by atoms with van der Waals surface area (Å²) in [7, 11) is 0. The number of amides is 1. The molecule has 0 saturated heterocycles. The zero-order valence-electron chi connectivity index (χ0n) is 16.6. The van der Waals surface area contributed by atoms with Gasteiger partial charge in [-0.05, 0) is 33.1 Å². The number of nitrogens with one attached hydrogen (secondary N) is 1. The molecule has 6 nitrogen and oxygen atoms in total. The fourth-order valence-electron chi connectivity index (χ4n) is 2.10. The maximum Gasteiger partial charge on any atom is 0.434 e. The van der Waals surface area contributed by atoms with Crippen LogP contribution in [0.3, 0.4) is 0 Å². The summed E-state index contributed by atoms with van der Waals surface area (Å²) in [6, 6.07) is -1.28. The Morgan fingerprint density at radius 3 is 1.83 bits per heavy atom. The highest BCUT2D eigenvalue weighted by atomic mass is 19.4. The van der Waals surface area contributed by atoms with Gasteiger partial charge >= 0.3 is 24.4 Å². The van der Waals surface area contributed by atoms with Crippen molar-refractivity contribution in [3.05, 3.63) is 12.2 Å². The SMILES string of the molecule is C=C(C(=O)OC(C(F)(F)F)C(F)(F)F)[C@H](O)[C@H](CC(C)C)NC(=O)OC(C)(C)C. The van der Waals surface area contributed by atoms with Gasteiger partial charge in [-0.3, -0.25) is 0 Å². The summed E-state index contributed by atoms with van der Waals surface area (Å²) in [5.41, 5.74) is -2.00. The molecule has 0 aromatic carbocycles. The molecule has 0 heterocycles. The number of alkyl carbamates (subject to hydrolysis) is 1. The number of hydrogen-bond donors (Lipinski definition) is 2. The number of carbonyl (C=O) groups excluding carboxylic acids is 2. The average Bonchev–Trinajstić information content (AvgIpc) is 2.45. The number of halogens is 6. The van der Waals surface area contributed by atoms with Gasteiger partial charge < -0.3 is 19.9 Å². The van der Waals surface area contributed by atoms with Crippen LogP contribution < -0.4 is 5.32 Å². The maximum atomic E-state index is 12.5. The second kappa shape index (κ2) is 9.68. The van der Waals surface area contributed by atoms with E-state index in [-0.39, 0.29) is 12.3 Å². The van der Waals surface area contributed by atoms with E-state index >= 15 is 0 Å². The molecule has 0 unspecified atom stereocenters. The Morgan fingerprint density at radius 1 is 1.03 bits per heavy atom. The Labute approximate surface area is 164 Å². The second-order valence-electron chi connectivity index (χ2n) is 7.72. The van der Waals surface area contributed by atoms with Crippen molar-refractivity contribution in [1.82, 2.24) is 5.32 Å². The highest BCUT2D eigenvalue weighted by molar-refractivity contribution is 5.89. The lowest BCUT2D eigenvalue weighted by molar-refractivity contribution is -0.312. The second-order valence-corrected chi connectivity index (χ2v) is 7.72. The largest absolute Gasteiger partial charge is 0.444 e. The molecule has 0 spiro atoms. The molecule has 0 aliphatic rings. The van der Waals surface area contributed by atoms with Gasteiger partial charge in [0.25, 0.3) is 6.10 Å². The summed E-state index contributed by atoms with van der Waals surface area (Å²) < 4.78 is 83.7. The Balaban J connectivity index is 5.41. The lowest BCUT2D eigenvalue weighted by atomic mass is 9.95. The predicted molar refractivity (Wildman–Crippen MR) is 89.7 cm³/mol. The molecule has 0 fully saturated rings. The van der Waals surface area contributed by atoms with Crippen molar-refractivity contribution in [2.45, 2.75) is 77.2 Å². The van der Waals surface area contributed by atoms with E-state index in [0.717, 1.165) is 0 Å². The monoisotopic (exact) mass is 437 g/mol. The van der Waals surface area contributed by atoms with E-state index in [0.29, 0.717) is 0 Å². The summed E-state index contributed by atoms with van der Waals surface area (Å²) in [6.45, 7) is 11.0. The van der Waals surface area contributed by atoms with Gasteiger partial charge in [-0.2, -0.15) is 26.3 Å². The first-order chi connectivity index (χ1) is 12.8. The van der Waals surface area contributed by atoms with Crippen molar-refractivity contribution in [3.63, 3.8) is 0 Å². The minimum absolute atomic E-state index is 0.00861. The van der Waals surface area contributed by atoms with Crippen LogP contribution in [0.1, 0.15) is 41.0 Å². The number of esters is 1. The Kier molecular flexibility index (Phi) is 9.02. The number of aliphatic hydroxyl groups excluding tert-OH is 1. The standard InChI is InChI=1S/C17H25F6NO5/c1-8(2)7-10(24-14(27)29-15(4,5)6)11(25)9(3)12(26)28-13(16(18,19)20)17(21,22)23/h8,10-11,13,25H,3,7H2,1-2,4-6H3,(H,24,27)/t10-,11-/m0/s1. The van der Waals surface area contributed by atoms with Crippen molar-refractivity contribution >= 4 is 12.1 Å². The van der Waals surface area contributed by atoms with Crippen LogP contribution in [-0.4, -0.2) is 53.4 Å². The molecule has 0 aliphatic heterocycles. The molecule has 1 amide bonds. The molecular weight excluding hydrogens is 412 g/mol. The normalized spacial score (nSPS) is 15.1. The van der Waals surface area contributed by atoms with Crippen molar-refractivity contribution < 1.29 is 50.5 Å². The summed E-state index contributed by atoms with van der Waals surface area (Å²) in [4.78, 5) is 23.7. The van der Waals surface area contributed by atoms with Crippen LogP contribution in [0.4, 0.5) is 31.1 Å². The highest BCUT2D eigenvalue weighted by Crippen LogP contribution is 2.36. The first-order valence-corrected chi connectivity index (χ1v) is 8.46. The zero-order chi connectivity index (χ0) is 23.4. The minimum Gasteiger partial charge on any atom is -0.444 e. The molecule has 29 heavy (non-hydrogen) atoms. The number of carbonyl (C=O) groups is 2. The first kappa shape index (κ1) is 27.0. The number of rotatable bonds is 7. The molecule has 0 rings (SSSR count). The van der Waals surface area contributed by atoms with Crippen LogP contribution in [0, 0.1) is 5.92 Å². The van der Waals surface area contributed by atoms with E-state index in [1.807, 2.05) is 0 Å². The molecule has 0 saturated carbocycles. The fourth-order valence-corrected chi connectivity index (χ4v) is 2.10. The van der Waals surface area contributed by atoms with Crippen LogP contribution in [0.15, 0.2) is 12.2 Å². The van der Waals surface area contributed by atoms with Crippen molar-refractivity contribution in [1.29, 1.82) is 0 Å². The predicted octanol–water partition coefficient (Wildman–Crippen LogP) is 3.88. The molecule has 0 bridgehead atoms. The summed E-state index contributed by atoms with van der Waals surface area (Å²) in [5, 5.41) is 12.5. The molecule has 2 N–H and O–H groups in total. The van der Waals surface area contributed by atoms with Crippen LogP contribution >= 0.6 is 0 Å². The Hall–Kier alpha value is -1.98. The minimum atomic E-state index is -5.91. The van der Waals surface area contributed by atoms with E-state index in [1.165, 1.54) is 0 Å². The maximum absolute atomic E-state index is 12.5. The van der Waals surface area contributed by atoms with Gasteiger partial charge in [-0.15, -0.1) is 0 Å². The van der Waals surface area contributed by atoms with Gasteiger partial charge in [0.1, 0.15) is 11.7 Å². The van der Waals surface area contributed by atoms with Crippen LogP contribution in [0.5, 0.6) is 0 Å². The van der Waals surface area contributed by atoms with Gasteiger partial charge in [0.15, 0.2) is 0 Å². The summed E-state index contributed by atoms with van der Waals surface area (Å²) in [5.74, 6) is -2.29. The number of aliphatic hydroxyl groups is 1. The fraction of sp³-hybridized carbons (Fsp3) is 0.765. The third-order valence-electron chi connectivity index (χ3n) is 3.25. The summed E-state index contributed by atoms with van der Waals surface area (Å²) >= 11 is 0. The lowest BCUT2D eigenvalue weighted by Crippen LogP contribution is -2.49. The third-order valence-corrected chi connectivity index (χ3v) is 3.25. The van der Waals surface area contributed by atoms with E-state index in [9.17, 15) is 41.0 Å². The number of hydrogen-bond acceptors (Lipinski definition) is 5. The topological polar surface area (TPSA) is 84.9 Å². The van der Waals surface area contributed by atoms with Crippen molar-refractivity contribution in [2.75, 3.05) is 0 Å². The van der Waals surface area contributed by atoms with Gasteiger partial charge in [0.05, 0.1) is 11.6 Å². The van der Waals surface area contributed by atoms with Crippen molar-refractivity contribution in [2.24, 2.45) is 5.92 Å². The Bertz CT molecular complexity index is 581. The van der Waals surface area contributed by atoms with Gasteiger partial charge in [-0.1, -0.05) is 20.4 Å². The highest BCUT2D eigenvalue weighted by Gasteiger charge is 2.60. The van der Waals surface area contributed by atoms with Gasteiger partial charge in [0, 0.05) is 0 Å². The van der Waals surface area contributed by atoms with E-state index in [2.05, 4.69) is 16.6 Å². The number of alkyl halides is 6. The Morgan fingerprint density at radius 2 is 1.48 bits per heavy atom. The lowest BCUT2D eigenvalue weighted by Gasteiger charge is -2.29. The van der Waals surface area contributed by atoms with E-state index in [4.69, 9.17) is 4.74 Å². The molecule has 0 aliphatic carbocycles. The quantitative estimate of drug-likeness (QED) is 0.359. The molecule has 170 valence electrons. The molecular formula is C17H25F6NO5. The molecule has 0 aromatic rings. The zero-order valence-corrected chi connectivity index (χ0v) is 16.6. The summed E-state index contributed by atoms with van der Waals surface area (Å²) in [6.07, 6.45) is -19.2. The van der Waals surface area contributed by atoms with Crippen LogP contribution in [0.2, 0.25) is 0 Å². The third kappa shape index (κ3) is 9.86. The molecule has 12 heteroatoms. The number of ether oxygens (including phenoxy) is 2. The molecule has 0 aromatic heterocycles. The van der Waals surface area contributed by atoms with Crippen LogP contribution in [0.25, 0.3) is 0 Å². The molecule has 0 radical (unpaired) electrons. The smallest absolute Gasteiger partial charge is 0.434 e.